The lowest BCUT2D eigenvalue weighted by molar-refractivity contribution is 0.419. The van der Waals surface area contributed by atoms with E-state index in [2.05, 4.69) is 24.0 Å². The van der Waals surface area contributed by atoms with Gasteiger partial charge in [-0.25, -0.2) is 0 Å². The molecule has 7 heteroatoms. The van der Waals surface area contributed by atoms with Gasteiger partial charge in [0.2, 0.25) is 0 Å². The molecule has 2 aromatic heterocycles. The van der Waals surface area contributed by atoms with Gasteiger partial charge in [-0.15, -0.1) is 23.1 Å². The van der Waals surface area contributed by atoms with Crippen molar-refractivity contribution < 1.29 is 9.63 Å². The highest BCUT2D eigenvalue weighted by Gasteiger charge is 2.30. The molecule has 4 nitrogen and oxygen atoms in total. The van der Waals surface area contributed by atoms with Gasteiger partial charge in [-0.3, -0.25) is 0 Å². The number of rotatable bonds is 2. The number of aromatic hydroxyl groups is 1. The highest BCUT2D eigenvalue weighted by molar-refractivity contribution is 8.07. The van der Waals surface area contributed by atoms with E-state index in [0.29, 0.717) is 21.3 Å². The molecule has 3 atom stereocenters. The predicted molar refractivity (Wildman–Crippen MR) is 81.0 cm³/mol. The summed E-state index contributed by atoms with van der Waals surface area (Å²) in [6, 6.07) is 1.64. The minimum atomic E-state index is 0.202. The molecule has 3 heterocycles. The Balaban J connectivity index is 1.80. The fourth-order valence-electron chi connectivity index (χ4n) is 1.84. The predicted octanol–water partition coefficient (Wildman–Crippen LogP) is 3.80. The molecule has 0 radical (unpaired) electrons. The zero-order valence-corrected chi connectivity index (χ0v) is 13.0. The van der Waals surface area contributed by atoms with Crippen LogP contribution < -0.4 is 0 Å². The first-order chi connectivity index (χ1) is 9.15. The van der Waals surface area contributed by atoms with Crippen LogP contribution in [0.2, 0.25) is 0 Å². The Morgan fingerprint density at radius 1 is 1.37 bits per heavy atom. The second-order valence-corrected chi connectivity index (χ2v) is 8.37. The van der Waals surface area contributed by atoms with Gasteiger partial charge in [0.25, 0.3) is 5.89 Å². The number of thioether (sulfide) groups is 2. The lowest BCUT2D eigenvalue weighted by atomic mass is 10.3. The molecular formula is C12H14N2O2S3. The number of nitrogens with zero attached hydrogens (tertiary/aromatic N) is 2. The number of hydrogen-bond donors (Lipinski definition) is 1. The third-order valence-electron chi connectivity index (χ3n) is 3.12. The Morgan fingerprint density at radius 2 is 2.21 bits per heavy atom. The third kappa shape index (κ3) is 2.64. The van der Waals surface area contributed by atoms with Crippen molar-refractivity contribution in [3.8, 4) is 16.5 Å². The molecular weight excluding hydrogens is 300 g/mol. The van der Waals surface area contributed by atoms with Crippen LogP contribution in [0.1, 0.15) is 24.9 Å². The Kier molecular flexibility index (Phi) is 3.77. The smallest absolute Gasteiger partial charge is 0.271 e. The van der Waals surface area contributed by atoms with Crippen molar-refractivity contribution in [3.63, 3.8) is 0 Å². The summed E-state index contributed by atoms with van der Waals surface area (Å²) >= 11 is 5.25. The van der Waals surface area contributed by atoms with E-state index < -0.39 is 0 Å². The number of hydrogen-bond acceptors (Lipinski definition) is 7. The molecule has 1 N–H and O–H groups in total. The van der Waals surface area contributed by atoms with E-state index in [-0.39, 0.29) is 11.0 Å². The van der Waals surface area contributed by atoms with Crippen LogP contribution in [0.4, 0.5) is 0 Å². The van der Waals surface area contributed by atoms with E-state index in [4.69, 9.17) is 4.52 Å². The van der Waals surface area contributed by atoms with Gasteiger partial charge in [0.05, 0.1) is 5.25 Å². The first-order valence-electron chi connectivity index (χ1n) is 6.02. The molecule has 3 rings (SSSR count). The largest absolute Gasteiger partial charge is 0.506 e. The van der Waals surface area contributed by atoms with Gasteiger partial charge in [-0.2, -0.15) is 16.7 Å². The average Bonchev–Trinajstić information content (AvgIpc) is 3.01. The number of thiophene rings is 1. The van der Waals surface area contributed by atoms with Gasteiger partial charge in [-0.05, 0) is 11.4 Å². The van der Waals surface area contributed by atoms with Crippen LogP contribution in [0.5, 0.6) is 5.75 Å². The minimum Gasteiger partial charge on any atom is -0.506 e. The zero-order valence-electron chi connectivity index (χ0n) is 10.6. The van der Waals surface area contributed by atoms with Crippen LogP contribution in [0.25, 0.3) is 10.8 Å². The van der Waals surface area contributed by atoms with Gasteiger partial charge in [-0.1, -0.05) is 19.0 Å². The van der Waals surface area contributed by atoms with Crippen LogP contribution in [0.15, 0.2) is 16.0 Å². The van der Waals surface area contributed by atoms with Crippen molar-refractivity contribution in [3.05, 3.63) is 17.3 Å². The summed E-state index contributed by atoms with van der Waals surface area (Å²) < 4.78 is 5.27. The van der Waals surface area contributed by atoms with Crippen LogP contribution in [-0.4, -0.2) is 31.5 Å². The molecule has 0 amide bonds. The average molecular weight is 314 g/mol. The van der Waals surface area contributed by atoms with Crippen LogP contribution in [0, 0.1) is 0 Å². The molecule has 1 aliphatic heterocycles. The Morgan fingerprint density at radius 3 is 2.89 bits per heavy atom. The second kappa shape index (κ2) is 5.38. The van der Waals surface area contributed by atoms with Crippen molar-refractivity contribution in [2.24, 2.45) is 0 Å². The molecule has 102 valence electrons. The molecule has 0 bridgehead atoms. The van der Waals surface area contributed by atoms with E-state index in [1.807, 2.05) is 28.9 Å². The molecule has 0 saturated carbocycles. The summed E-state index contributed by atoms with van der Waals surface area (Å²) in [6.07, 6.45) is 0. The summed E-state index contributed by atoms with van der Waals surface area (Å²) in [7, 11) is 0. The van der Waals surface area contributed by atoms with Crippen LogP contribution in [-0.2, 0) is 0 Å². The monoisotopic (exact) mass is 314 g/mol. The number of aromatic nitrogens is 2. The first kappa shape index (κ1) is 13.3. The van der Waals surface area contributed by atoms with Gasteiger partial charge < -0.3 is 9.63 Å². The maximum atomic E-state index is 9.67. The van der Waals surface area contributed by atoms with Crippen molar-refractivity contribution in [2.75, 3.05) is 5.75 Å². The maximum absolute atomic E-state index is 9.67. The van der Waals surface area contributed by atoms with Crippen molar-refractivity contribution >= 4 is 34.9 Å². The van der Waals surface area contributed by atoms with Crippen LogP contribution >= 0.6 is 34.9 Å². The van der Waals surface area contributed by atoms with Crippen molar-refractivity contribution in [2.45, 2.75) is 29.6 Å². The summed E-state index contributed by atoms with van der Waals surface area (Å²) in [5.41, 5.74) is 0. The molecule has 3 unspecified atom stereocenters. The highest BCUT2D eigenvalue weighted by atomic mass is 32.2. The second-order valence-electron chi connectivity index (χ2n) is 4.46. The third-order valence-corrected chi connectivity index (χ3v) is 7.40. The molecule has 1 aliphatic rings. The minimum absolute atomic E-state index is 0.202. The van der Waals surface area contributed by atoms with Crippen molar-refractivity contribution in [1.29, 1.82) is 0 Å². The Hall–Kier alpha value is -0.660. The van der Waals surface area contributed by atoms with Gasteiger partial charge >= 0.3 is 0 Å². The lowest BCUT2D eigenvalue weighted by Gasteiger charge is -2.29. The molecule has 0 spiro atoms. The molecule has 0 aliphatic carbocycles. The Bertz CT molecular complexity index is 569. The van der Waals surface area contributed by atoms with Crippen LogP contribution in [0.3, 0.4) is 0 Å². The first-order valence-corrected chi connectivity index (χ1v) is 8.89. The fraction of sp³-hybridized carbons (Fsp3) is 0.500. The van der Waals surface area contributed by atoms with E-state index in [1.54, 1.807) is 6.07 Å². The SMILES string of the molecule is CC1SCC(c2noc(-c3sccc3O)n2)SC1C. The normalized spacial score (nSPS) is 27.6. The highest BCUT2D eigenvalue weighted by Crippen LogP contribution is 2.44. The van der Waals surface area contributed by atoms with Gasteiger partial charge in [0.1, 0.15) is 10.6 Å². The summed E-state index contributed by atoms with van der Waals surface area (Å²) in [5.74, 6) is 2.36. The molecule has 1 saturated heterocycles. The fourth-order valence-corrected chi connectivity index (χ4v) is 5.38. The van der Waals surface area contributed by atoms with E-state index in [1.165, 1.54) is 11.3 Å². The molecule has 2 aromatic rings. The van der Waals surface area contributed by atoms with Gasteiger partial charge in [0, 0.05) is 16.3 Å². The van der Waals surface area contributed by atoms with E-state index in [0.717, 1.165) is 11.6 Å². The van der Waals surface area contributed by atoms with E-state index >= 15 is 0 Å². The zero-order chi connectivity index (χ0) is 13.4. The summed E-state index contributed by atoms with van der Waals surface area (Å²) in [5, 5.41) is 17.1. The topological polar surface area (TPSA) is 59.2 Å². The maximum Gasteiger partial charge on any atom is 0.271 e. The van der Waals surface area contributed by atoms with E-state index in [9.17, 15) is 5.11 Å². The standard InChI is InChI=1S/C12H14N2O2S3/c1-6-7(2)19-9(5-18-6)11-13-12(16-14-11)10-8(15)3-4-17-10/h3-4,6-7,9,15H,5H2,1-2H3. The van der Waals surface area contributed by atoms with Crippen molar-refractivity contribution in [1.82, 2.24) is 10.1 Å². The summed E-state index contributed by atoms with van der Waals surface area (Å²) in [6.45, 7) is 4.49. The Labute approximate surface area is 124 Å². The molecule has 1 fully saturated rings. The summed E-state index contributed by atoms with van der Waals surface area (Å²) in [4.78, 5) is 5.08. The molecule has 19 heavy (non-hydrogen) atoms. The molecule has 0 aromatic carbocycles. The quantitative estimate of drug-likeness (QED) is 0.910. The van der Waals surface area contributed by atoms with Gasteiger partial charge in [0.15, 0.2) is 5.82 Å². The lowest BCUT2D eigenvalue weighted by Crippen LogP contribution is -2.22.